The topological polar surface area (TPSA) is 101 Å². The van der Waals surface area contributed by atoms with E-state index in [2.05, 4.69) is 43.0 Å². The molecule has 6 bridgehead atoms. The summed E-state index contributed by atoms with van der Waals surface area (Å²) in [4.78, 5) is 23.8. The summed E-state index contributed by atoms with van der Waals surface area (Å²) in [5.41, 5.74) is 2.87. The number of hydrogen-bond acceptors (Lipinski definition) is 8. The molecule has 2 aliphatic rings. The van der Waals surface area contributed by atoms with Crippen LogP contribution in [-0.4, -0.2) is 53.6 Å². The lowest BCUT2D eigenvalue weighted by Gasteiger charge is -2.24. The van der Waals surface area contributed by atoms with Crippen molar-refractivity contribution in [3.63, 3.8) is 0 Å². The van der Waals surface area contributed by atoms with Gasteiger partial charge in [0.25, 0.3) is 0 Å². The summed E-state index contributed by atoms with van der Waals surface area (Å²) >= 11 is 0. The maximum absolute atomic E-state index is 12.9. The zero-order valence-electron chi connectivity index (χ0n) is 19.6. The van der Waals surface area contributed by atoms with Crippen molar-refractivity contribution >= 4 is 42.4 Å². The van der Waals surface area contributed by atoms with Crippen LogP contribution >= 0.6 is 13.5 Å². The highest BCUT2D eigenvalue weighted by atomic mass is 32.1. The molecule has 1 aromatic heterocycles. The van der Waals surface area contributed by atoms with Crippen LogP contribution in [0.4, 0.5) is 23.0 Å². The van der Waals surface area contributed by atoms with Crippen LogP contribution in [0.25, 0.3) is 0 Å². The lowest BCUT2D eigenvalue weighted by Crippen LogP contribution is -2.44. The molecule has 9 nitrogen and oxygen atoms in total. The Labute approximate surface area is 211 Å². The smallest absolute Gasteiger partial charge is 0.237 e. The minimum Gasteiger partial charge on any atom is -0.493 e. The first-order chi connectivity index (χ1) is 16.7. The van der Waals surface area contributed by atoms with E-state index < -0.39 is 0 Å². The van der Waals surface area contributed by atoms with Gasteiger partial charge < -0.3 is 25.4 Å². The Morgan fingerprint density at radius 1 is 1.06 bits per heavy atom. The molecule has 0 spiro atoms. The maximum atomic E-state index is 12.9. The van der Waals surface area contributed by atoms with Gasteiger partial charge in [-0.1, -0.05) is 12.1 Å². The van der Waals surface area contributed by atoms with Crippen molar-refractivity contribution in [2.45, 2.75) is 25.4 Å². The lowest BCUT2D eigenvalue weighted by molar-refractivity contribution is -0.125. The van der Waals surface area contributed by atoms with Crippen molar-refractivity contribution in [3.05, 3.63) is 60.4 Å². The van der Waals surface area contributed by atoms with Gasteiger partial charge in [-0.3, -0.25) is 9.69 Å². The third-order valence-electron chi connectivity index (χ3n) is 6.01. The van der Waals surface area contributed by atoms with Gasteiger partial charge in [-0.25, -0.2) is 9.97 Å². The molecule has 184 valence electrons. The molecule has 1 saturated heterocycles. The zero-order valence-corrected chi connectivity index (χ0v) is 20.6. The van der Waals surface area contributed by atoms with Gasteiger partial charge in [0.2, 0.25) is 5.91 Å². The molecule has 2 aromatic carbocycles. The first kappa shape index (κ1) is 24.6. The van der Waals surface area contributed by atoms with E-state index in [0.717, 1.165) is 36.3 Å². The summed E-state index contributed by atoms with van der Waals surface area (Å²) in [5.74, 6) is 2.58. The number of amides is 1. The average Bonchev–Trinajstić information content (AvgIpc) is 3.30. The van der Waals surface area contributed by atoms with E-state index in [-0.39, 0.29) is 25.4 Å². The highest BCUT2D eigenvalue weighted by molar-refractivity contribution is 7.59. The number of nitrogens with one attached hydrogen (secondary N) is 3. The Morgan fingerprint density at radius 2 is 1.86 bits per heavy atom. The van der Waals surface area contributed by atoms with E-state index in [0.29, 0.717) is 42.8 Å². The number of aromatic nitrogens is 2. The zero-order chi connectivity index (χ0) is 23.3. The van der Waals surface area contributed by atoms with Crippen LogP contribution in [0.15, 0.2) is 54.9 Å². The summed E-state index contributed by atoms with van der Waals surface area (Å²) in [6, 6.07) is 15.5. The molecule has 3 aromatic rings. The summed E-state index contributed by atoms with van der Waals surface area (Å²) in [7, 11) is 1.60. The molecule has 2 aliphatic heterocycles. The van der Waals surface area contributed by atoms with Crippen LogP contribution in [0, 0.1) is 0 Å². The van der Waals surface area contributed by atoms with E-state index in [1.54, 1.807) is 7.11 Å². The molecule has 0 aliphatic carbocycles. The first-order valence-corrected chi connectivity index (χ1v) is 11.5. The summed E-state index contributed by atoms with van der Waals surface area (Å²) in [5, 5.41) is 9.68. The largest absolute Gasteiger partial charge is 0.493 e. The van der Waals surface area contributed by atoms with Gasteiger partial charge in [0.05, 0.1) is 19.7 Å². The van der Waals surface area contributed by atoms with Gasteiger partial charge in [-0.15, -0.1) is 0 Å². The third-order valence-corrected chi connectivity index (χ3v) is 6.01. The minimum atomic E-state index is -0.134. The van der Waals surface area contributed by atoms with Crippen LogP contribution in [-0.2, 0) is 11.3 Å². The van der Waals surface area contributed by atoms with E-state index in [1.165, 1.54) is 6.33 Å². The van der Waals surface area contributed by atoms with Crippen LogP contribution < -0.4 is 25.4 Å². The van der Waals surface area contributed by atoms with Crippen molar-refractivity contribution in [1.82, 2.24) is 20.2 Å². The maximum Gasteiger partial charge on any atom is 0.237 e. The average molecular weight is 495 g/mol. The van der Waals surface area contributed by atoms with Gasteiger partial charge >= 0.3 is 0 Å². The number of rotatable bonds is 1. The van der Waals surface area contributed by atoms with Gasteiger partial charge in [0, 0.05) is 30.1 Å². The molecular formula is C25H30N6O3S. The molecule has 10 heteroatoms. The summed E-state index contributed by atoms with van der Waals surface area (Å²) in [6.07, 6.45) is 3.38. The van der Waals surface area contributed by atoms with Gasteiger partial charge in [-0.05, 0) is 49.2 Å². The van der Waals surface area contributed by atoms with Crippen LogP contribution in [0.2, 0.25) is 0 Å². The van der Waals surface area contributed by atoms with Crippen molar-refractivity contribution in [3.8, 4) is 11.5 Å². The second-order valence-corrected chi connectivity index (χ2v) is 8.37. The fraction of sp³-hybridized carbons (Fsp3) is 0.320. The van der Waals surface area contributed by atoms with Crippen LogP contribution in [0.1, 0.15) is 18.4 Å². The summed E-state index contributed by atoms with van der Waals surface area (Å²) < 4.78 is 11.4. The quantitative estimate of drug-likeness (QED) is 0.472. The SMILES string of the molecule is COc1ccc2cc1OCCNC(=O)[C@H]1CCCN1Cc1cccc(c1)Nc1cc(ncn1)N2.S. The van der Waals surface area contributed by atoms with E-state index in [4.69, 9.17) is 9.47 Å². The van der Waals surface area contributed by atoms with Gasteiger partial charge in [0.1, 0.15) is 24.6 Å². The number of fused-ring (bicyclic) bond motifs is 7. The molecular weight excluding hydrogens is 464 g/mol. The lowest BCUT2D eigenvalue weighted by atomic mass is 10.1. The number of nitrogens with zero attached hydrogens (tertiary/aromatic N) is 3. The molecule has 3 N–H and O–H groups in total. The molecule has 3 heterocycles. The van der Waals surface area contributed by atoms with Crippen LogP contribution in [0.5, 0.6) is 11.5 Å². The number of carbonyl (C=O) groups excluding carboxylic acids is 1. The van der Waals surface area contributed by atoms with E-state index in [9.17, 15) is 4.79 Å². The Balaban J connectivity index is 0.00000289. The van der Waals surface area contributed by atoms with Crippen molar-refractivity contribution in [2.24, 2.45) is 0 Å². The van der Waals surface area contributed by atoms with Crippen molar-refractivity contribution in [1.29, 1.82) is 0 Å². The second kappa shape index (κ2) is 11.3. The third kappa shape index (κ3) is 5.95. The second-order valence-electron chi connectivity index (χ2n) is 8.37. The van der Waals surface area contributed by atoms with E-state index >= 15 is 0 Å². The molecule has 0 unspecified atom stereocenters. The van der Waals surface area contributed by atoms with Crippen LogP contribution in [0.3, 0.4) is 0 Å². The van der Waals surface area contributed by atoms with Crippen molar-refractivity contribution in [2.75, 3.05) is 37.4 Å². The molecule has 0 radical (unpaired) electrons. The number of ether oxygens (including phenoxy) is 2. The number of anilines is 4. The number of benzene rings is 2. The molecule has 0 saturated carbocycles. The normalized spacial score (nSPS) is 18.1. The standard InChI is InChI=1S/C25H28N6O3.H2S/c1-33-21-8-7-19-13-22(21)34-11-9-26-25(32)20-6-3-10-31(20)15-17-4-2-5-18(12-17)29-23-14-24(30-19)28-16-27-23;/h2,4-5,7-8,12-14,16,20H,3,6,9-11,15H2,1H3,(H,26,32)(H2,27,28,29,30);1H2/t20-;/m1./s1. The molecule has 1 fully saturated rings. The fourth-order valence-corrected chi connectivity index (χ4v) is 4.40. The Morgan fingerprint density at radius 3 is 2.66 bits per heavy atom. The molecule has 1 amide bonds. The Bertz CT molecular complexity index is 1180. The Hall–Kier alpha value is -3.50. The molecule has 1 atom stereocenters. The van der Waals surface area contributed by atoms with Crippen molar-refractivity contribution < 1.29 is 14.3 Å². The van der Waals surface area contributed by atoms with Gasteiger partial charge in [-0.2, -0.15) is 13.5 Å². The highest BCUT2D eigenvalue weighted by Gasteiger charge is 2.30. The van der Waals surface area contributed by atoms with Gasteiger partial charge in [0.15, 0.2) is 11.5 Å². The fourth-order valence-electron chi connectivity index (χ4n) is 4.40. The highest BCUT2D eigenvalue weighted by Crippen LogP contribution is 2.31. The minimum absolute atomic E-state index is 0. The predicted octanol–water partition coefficient (Wildman–Crippen LogP) is 3.56. The predicted molar refractivity (Wildman–Crippen MR) is 140 cm³/mol. The first-order valence-electron chi connectivity index (χ1n) is 11.5. The molecule has 5 rings (SSSR count). The monoisotopic (exact) mass is 494 g/mol. The number of methoxy groups -OCH3 is 1. The Kier molecular flexibility index (Phi) is 7.94. The molecule has 35 heavy (non-hydrogen) atoms. The number of hydrogen-bond donors (Lipinski definition) is 3. The van der Waals surface area contributed by atoms with E-state index in [1.807, 2.05) is 36.4 Å². The summed E-state index contributed by atoms with van der Waals surface area (Å²) in [6.45, 7) is 2.36. The number of carbonyl (C=O) groups is 1.